The van der Waals surface area contributed by atoms with Gasteiger partial charge in [0.1, 0.15) is 0 Å². The van der Waals surface area contributed by atoms with Gasteiger partial charge in [-0.25, -0.2) is 0 Å². The van der Waals surface area contributed by atoms with E-state index in [1.807, 2.05) is 45.2 Å². The molecule has 1 aromatic carbocycles. The summed E-state index contributed by atoms with van der Waals surface area (Å²) in [5.74, 6) is -0.0919. The van der Waals surface area contributed by atoms with Gasteiger partial charge in [0.05, 0.1) is 17.8 Å². The van der Waals surface area contributed by atoms with Crippen molar-refractivity contribution in [2.75, 3.05) is 12.4 Å². The third-order valence-corrected chi connectivity index (χ3v) is 3.53. The average Bonchev–Trinajstić information content (AvgIpc) is 2.79. The molecule has 1 aromatic heterocycles. The zero-order valence-corrected chi connectivity index (χ0v) is 12.3. The summed E-state index contributed by atoms with van der Waals surface area (Å²) < 4.78 is 1.81. The maximum Gasteiger partial charge on any atom is 0.253 e. The smallest absolute Gasteiger partial charge is 0.253 e. The first-order valence-electron chi connectivity index (χ1n) is 6.60. The molecule has 2 aromatic rings. The highest BCUT2D eigenvalue weighted by atomic mass is 16.1. The van der Waals surface area contributed by atoms with Gasteiger partial charge in [-0.05, 0) is 26.0 Å². The van der Waals surface area contributed by atoms with Crippen LogP contribution in [-0.2, 0) is 7.05 Å². The lowest BCUT2D eigenvalue weighted by atomic mass is 10.1. The van der Waals surface area contributed by atoms with E-state index in [2.05, 4.69) is 15.7 Å². The van der Waals surface area contributed by atoms with Crippen LogP contribution < -0.4 is 10.6 Å². The molecule has 0 aliphatic heterocycles. The lowest BCUT2D eigenvalue weighted by molar-refractivity contribution is 0.0940. The van der Waals surface area contributed by atoms with Gasteiger partial charge in [0.25, 0.3) is 5.91 Å². The van der Waals surface area contributed by atoms with Crippen LogP contribution in [0.5, 0.6) is 0 Å². The maximum absolute atomic E-state index is 12.3. The van der Waals surface area contributed by atoms with Crippen molar-refractivity contribution < 1.29 is 4.79 Å². The Kier molecular flexibility index (Phi) is 4.08. The summed E-state index contributed by atoms with van der Waals surface area (Å²) in [5, 5.41) is 10.2. The normalized spacial score (nSPS) is 12.0. The minimum absolute atomic E-state index is 0.0823. The quantitative estimate of drug-likeness (QED) is 0.897. The number of hydrogen-bond acceptors (Lipinski definition) is 3. The van der Waals surface area contributed by atoms with Crippen molar-refractivity contribution in [2.24, 2.45) is 7.05 Å². The number of para-hydroxylation sites is 1. The molecule has 2 rings (SSSR count). The van der Waals surface area contributed by atoms with Gasteiger partial charge in [0, 0.05) is 31.0 Å². The van der Waals surface area contributed by atoms with E-state index in [0.717, 1.165) is 16.9 Å². The fourth-order valence-electron chi connectivity index (χ4n) is 2.19. The van der Waals surface area contributed by atoms with Crippen LogP contribution in [0.25, 0.3) is 0 Å². The monoisotopic (exact) mass is 272 g/mol. The number of aromatic nitrogens is 2. The highest BCUT2D eigenvalue weighted by molar-refractivity contribution is 5.99. The summed E-state index contributed by atoms with van der Waals surface area (Å²) >= 11 is 0. The molecule has 0 saturated carbocycles. The van der Waals surface area contributed by atoms with E-state index in [0.29, 0.717) is 5.56 Å². The first-order valence-corrected chi connectivity index (χ1v) is 6.60. The molecule has 1 atom stereocenters. The van der Waals surface area contributed by atoms with Crippen molar-refractivity contribution in [3.8, 4) is 0 Å². The third-order valence-electron chi connectivity index (χ3n) is 3.53. The maximum atomic E-state index is 12.3. The van der Waals surface area contributed by atoms with Gasteiger partial charge in [0.15, 0.2) is 0 Å². The van der Waals surface area contributed by atoms with Gasteiger partial charge >= 0.3 is 0 Å². The van der Waals surface area contributed by atoms with Gasteiger partial charge < -0.3 is 10.6 Å². The molecule has 106 valence electrons. The summed E-state index contributed by atoms with van der Waals surface area (Å²) in [7, 11) is 3.70. The molecule has 5 nitrogen and oxygen atoms in total. The molecule has 1 unspecified atom stereocenters. The molecule has 0 spiro atoms. The number of rotatable bonds is 4. The number of benzene rings is 1. The number of nitrogens with one attached hydrogen (secondary N) is 2. The molecule has 0 aliphatic carbocycles. The Balaban J connectivity index is 2.17. The molecule has 1 amide bonds. The van der Waals surface area contributed by atoms with Crippen molar-refractivity contribution in [2.45, 2.75) is 19.9 Å². The first-order chi connectivity index (χ1) is 9.54. The number of carbonyl (C=O) groups is 1. The van der Waals surface area contributed by atoms with Crippen LogP contribution in [0.4, 0.5) is 5.69 Å². The second kappa shape index (κ2) is 5.77. The van der Waals surface area contributed by atoms with Gasteiger partial charge in [-0.15, -0.1) is 0 Å². The van der Waals surface area contributed by atoms with Gasteiger partial charge in [0.2, 0.25) is 0 Å². The molecule has 0 aliphatic rings. The molecular weight excluding hydrogens is 252 g/mol. The second-order valence-corrected chi connectivity index (χ2v) is 4.80. The fraction of sp³-hybridized carbons (Fsp3) is 0.333. The Morgan fingerprint density at radius 1 is 1.35 bits per heavy atom. The van der Waals surface area contributed by atoms with Gasteiger partial charge in [-0.1, -0.05) is 12.1 Å². The van der Waals surface area contributed by atoms with Crippen LogP contribution in [0.3, 0.4) is 0 Å². The Morgan fingerprint density at radius 2 is 2.05 bits per heavy atom. The number of carbonyl (C=O) groups excluding carboxylic acids is 1. The van der Waals surface area contributed by atoms with Gasteiger partial charge in [-0.3, -0.25) is 9.48 Å². The third kappa shape index (κ3) is 2.66. The molecule has 20 heavy (non-hydrogen) atoms. The summed E-state index contributed by atoms with van der Waals surface area (Å²) in [4.78, 5) is 12.3. The van der Waals surface area contributed by atoms with E-state index in [-0.39, 0.29) is 11.9 Å². The summed E-state index contributed by atoms with van der Waals surface area (Å²) in [6.45, 7) is 3.95. The summed E-state index contributed by atoms with van der Waals surface area (Å²) in [6, 6.07) is 7.37. The molecule has 5 heteroatoms. The van der Waals surface area contributed by atoms with Crippen LogP contribution in [0.2, 0.25) is 0 Å². The minimum Gasteiger partial charge on any atom is -0.387 e. The van der Waals surface area contributed by atoms with E-state index in [4.69, 9.17) is 0 Å². The number of anilines is 1. The molecule has 0 radical (unpaired) electrons. The number of hydrogen-bond donors (Lipinski definition) is 2. The Morgan fingerprint density at radius 3 is 2.65 bits per heavy atom. The van der Waals surface area contributed by atoms with Crippen LogP contribution in [-0.4, -0.2) is 22.7 Å². The van der Waals surface area contributed by atoms with Crippen molar-refractivity contribution >= 4 is 11.6 Å². The lowest BCUT2D eigenvalue weighted by Crippen LogP contribution is -2.27. The molecular formula is C15H20N4O. The van der Waals surface area contributed by atoms with Crippen molar-refractivity contribution in [3.63, 3.8) is 0 Å². The number of amides is 1. The molecule has 0 bridgehead atoms. The topological polar surface area (TPSA) is 59.0 Å². The summed E-state index contributed by atoms with van der Waals surface area (Å²) in [6.07, 6.45) is 1.80. The van der Waals surface area contributed by atoms with E-state index in [9.17, 15) is 4.79 Å². The number of nitrogens with zero attached hydrogens (tertiary/aromatic N) is 2. The molecule has 0 saturated heterocycles. The lowest BCUT2D eigenvalue weighted by Gasteiger charge is -2.15. The van der Waals surface area contributed by atoms with Crippen molar-refractivity contribution in [1.29, 1.82) is 0 Å². The standard InChI is InChI=1S/C15H20N4O/c1-10(13-9-17-19(4)11(13)2)18-15(20)12-7-5-6-8-14(12)16-3/h5-10,16H,1-4H3,(H,18,20). The van der Waals surface area contributed by atoms with Crippen molar-refractivity contribution in [1.82, 2.24) is 15.1 Å². The molecule has 1 heterocycles. The van der Waals surface area contributed by atoms with Crippen LogP contribution in [0.15, 0.2) is 30.5 Å². The SMILES string of the molecule is CNc1ccccc1C(=O)NC(C)c1cnn(C)c1C. The second-order valence-electron chi connectivity index (χ2n) is 4.80. The van der Waals surface area contributed by atoms with Crippen molar-refractivity contribution in [3.05, 3.63) is 47.3 Å². The minimum atomic E-state index is -0.0919. The zero-order valence-electron chi connectivity index (χ0n) is 12.3. The predicted molar refractivity (Wildman–Crippen MR) is 79.8 cm³/mol. The zero-order chi connectivity index (χ0) is 14.7. The van der Waals surface area contributed by atoms with Crippen LogP contribution in [0.1, 0.15) is 34.6 Å². The highest BCUT2D eigenvalue weighted by Gasteiger charge is 2.17. The molecule has 2 N–H and O–H groups in total. The van der Waals surface area contributed by atoms with Gasteiger partial charge in [-0.2, -0.15) is 5.10 Å². The Bertz CT molecular complexity index is 618. The predicted octanol–water partition coefficient (Wildman–Crippen LogP) is 2.26. The first kappa shape index (κ1) is 14.1. The molecule has 0 fully saturated rings. The number of aryl methyl sites for hydroxylation is 1. The largest absolute Gasteiger partial charge is 0.387 e. The van der Waals surface area contributed by atoms with E-state index in [1.54, 1.807) is 17.9 Å². The Labute approximate surface area is 119 Å². The highest BCUT2D eigenvalue weighted by Crippen LogP contribution is 2.19. The average molecular weight is 272 g/mol. The summed E-state index contributed by atoms with van der Waals surface area (Å²) in [5.41, 5.74) is 3.55. The van der Waals surface area contributed by atoms with E-state index >= 15 is 0 Å². The Hall–Kier alpha value is -2.30. The fourth-order valence-corrected chi connectivity index (χ4v) is 2.19. The van der Waals surface area contributed by atoms with E-state index < -0.39 is 0 Å². The van der Waals surface area contributed by atoms with E-state index in [1.165, 1.54) is 0 Å². The van der Waals surface area contributed by atoms with Crippen LogP contribution >= 0.6 is 0 Å². The van der Waals surface area contributed by atoms with Crippen LogP contribution in [0, 0.1) is 6.92 Å².